The lowest BCUT2D eigenvalue weighted by Gasteiger charge is -2.17. The molecule has 3 N–H and O–H groups in total. The fourth-order valence-electron chi connectivity index (χ4n) is 1.25. The summed E-state index contributed by atoms with van der Waals surface area (Å²) in [7, 11) is 0. The van der Waals surface area contributed by atoms with Gasteiger partial charge in [0, 0.05) is 12.0 Å². The highest BCUT2D eigenvalue weighted by atomic mass is 35.5. The summed E-state index contributed by atoms with van der Waals surface area (Å²) in [6, 6.07) is 5.08. The minimum absolute atomic E-state index is 0.140. The molecule has 3 nitrogen and oxygen atoms in total. The summed E-state index contributed by atoms with van der Waals surface area (Å²) in [6.45, 7) is 3.76. The smallest absolute Gasteiger partial charge is 0.224 e. The van der Waals surface area contributed by atoms with E-state index in [1.54, 1.807) is 18.2 Å². The van der Waals surface area contributed by atoms with Gasteiger partial charge in [-0.3, -0.25) is 4.79 Å². The van der Waals surface area contributed by atoms with Crippen LogP contribution in [0.2, 0.25) is 10.0 Å². The van der Waals surface area contributed by atoms with Gasteiger partial charge in [-0.1, -0.05) is 29.3 Å². The molecule has 17 heavy (non-hydrogen) atoms. The number of carbonyl (C=O) groups excluding carboxylic acids is 1. The monoisotopic (exact) mass is 274 g/mol. The second-order valence-electron chi connectivity index (χ2n) is 4.63. The van der Waals surface area contributed by atoms with Gasteiger partial charge in [0.2, 0.25) is 5.91 Å². The number of para-hydroxylation sites is 1. The summed E-state index contributed by atoms with van der Waals surface area (Å²) >= 11 is 11.9. The number of benzene rings is 1. The molecule has 0 heterocycles. The lowest BCUT2D eigenvalue weighted by atomic mass is 10.00. The lowest BCUT2D eigenvalue weighted by molar-refractivity contribution is -0.116. The molecule has 0 aliphatic heterocycles. The first-order valence-electron chi connectivity index (χ1n) is 5.32. The van der Waals surface area contributed by atoms with Crippen LogP contribution in [0.5, 0.6) is 0 Å². The van der Waals surface area contributed by atoms with Gasteiger partial charge in [0.15, 0.2) is 0 Å². The molecule has 0 saturated heterocycles. The number of hydrogen-bond acceptors (Lipinski definition) is 2. The maximum Gasteiger partial charge on any atom is 0.224 e. The van der Waals surface area contributed by atoms with Gasteiger partial charge in [0.25, 0.3) is 0 Å². The zero-order valence-corrected chi connectivity index (χ0v) is 11.4. The summed E-state index contributed by atoms with van der Waals surface area (Å²) in [5.41, 5.74) is 5.90. The van der Waals surface area contributed by atoms with Crippen LogP contribution in [0.15, 0.2) is 18.2 Å². The van der Waals surface area contributed by atoms with Crippen LogP contribution in [-0.4, -0.2) is 11.4 Å². The Hall–Kier alpha value is -0.770. The van der Waals surface area contributed by atoms with Crippen molar-refractivity contribution in [3.8, 4) is 0 Å². The third kappa shape index (κ3) is 4.94. The number of halogens is 2. The Morgan fingerprint density at radius 3 is 2.35 bits per heavy atom. The van der Waals surface area contributed by atoms with Crippen molar-refractivity contribution in [2.45, 2.75) is 32.2 Å². The molecule has 0 aliphatic carbocycles. The van der Waals surface area contributed by atoms with Crippen LogP contribution in [0.1, 0.15) is 26.7 Å². The van der Waals surface area contributed by atoms with E-state index < -0.39 is 0 Å². The number of nitrogens with two attached hydrogens (primary N) is 1. The van der Waals surface area contributed by atoms with Gasteiger partial charge in [0.05, 0.1) is 15.7 Å². The van der Waals surface area contributed by atoms with Gasteiger partial charge in [-0.05, 0) is 32.4 Å². The van der Waals surface area contributed by atoms with Crippen molar-refractivity contribution < 1.29 is 4.79 Å². The van der Waals surface area contributed by atoms with Crippen LogP contribution in [0, 0.1) is 0 Å². The maximum atomic E-state index is 11.7. The van der Waals surface area contributed by atoms with Gasteiger partial charge in [-0.2, -0.15) is 0 Å². The van der Waals surface area contributed by atoms with Crippen molar-refractivity contribution in [1.82, 2.24) is 0 Å². The normalized spacial score (nSPS) is 11.4. The highest BCUT2D eigenvalue weighted by molar-refractivity contribution is 6.39. The summed E-state index contributed by atoms with van der Waals surface area (Å²) in [5, 5.41) is 3.55. The highest BCUT2D eigenvalue weighted by Crippen LogP contribution is 2.29. The molecule has 1 amide bonds. The first kappa shape index (κ1) is 14.3. The number of anilines is 1. The van der Waals surface area contributed by atoms with E-state index in [0.29, 0.717) is 28.6 Å². The van der Waals surface area contributed by atoms with E-state index in [4.69, 9.17) is 28.9 Å². The van der Waals surface area contributed by atoms with Crippen LogP contribution >= 0.6 is 23.2 Å². The van der Waals surface area contributed by atoms with Crippen LogP contribution in [0.4, 0.5) is 5.69 Å². The van der Waals surface area contributed by atoms with Crippen LogP contribution < -0.4 is 11.1 Å². The van der Waals surface area contributed by atoms with E-state index in [0.717, 1.165) is 0 Å². The van der Waals surface area contributed by atoms with E-state index in [9.17, 15) is 4.79 Å². The predicted molar refractivity (Wildman–Crippen MR) is 72.6 cm³/mol. The first-order chi connectivity index (χ1) is 7.79. The molecular formula is C12H16Cl2N2O. The Bertz CT molecular complexity index is 393. The zero-order valence-electron chi connectivity index (χ0n) is 9.89. The quantitative estimate of drug-likeness (QED) is 0.884. The van der Waals surface area contributed by atoms with Crippen molar-refractivity contribution in [3.63, 3.8) is 0 Å². The van der Waals surface area contributed by atoms with Gasteiger partial charge < -0.3 is 11.1 Å². The van der Waals surface area contributed by atoms with E-state index in [-0.39, 0.29) is 11.4 Å². The van der Waals surface area contributed by atoms with Crippen LogP contribution in [0.25, 0.3) is 0 Å². The van der Waals surface area contributed by atoms with Crippen LogP contribution in [0.3, 0.4) is 0 Å². The predicted octanol–water partition coefficient (Wildman–Crippen LogP) is 3.45. The van der Waals surface area contributed by atoms with Crippen LogP contribution in [-0.2, 0) is 4.79 Å². The fourth-order valence-corrected chi connectivity index (χ4v) is 1.75. The first-order valence-corrected chi connectivity index (χ1v) is 6.08. The Balaban J connectivity index is 2.63. The standard InChI is InChI=1S/C12H16Cl2N2O/c1-12(2,15)7-6-10(17)16-11-8(13)4-3-5-9(11)14/h3-5H,6-7,15H2,1-2H3,(H,16,17). The van der Waals surface area contributed by atoms with Gasteiger partial charge >= 0.3 is 0 Å². The Morgan fingerprint density at radius 1 is 1.35 bits per heavy atom. The molecule has 0 unspecified atom stereocenters. The number of carbonyl (C=O) groups is 1. The minimum Gasteiger partial charge on any atom is -0.326 e. The average molecular weight is 275 g/mol. The van der Waals surface area contributed by atoms with Gasteiger partial charge in [-0.25, -0.2) is 0 Å². The van der Waals surface area contributed by atoms with E-state index in [1.165, 1.54) is 0 Å². The lowest BCUT2D eigenvalue weighted by Crippen LogP contribution is -2.33. The number of hydrogen-bond donors (Lipinski definition) is 2. The van der Waals surface area contributed by atoms with Crippen molar-refractivity contribution in [1.29, 1.82) is 0 Å². The molecule has 1 rings (SSSR count). The molecule has 0 fully saturated rings. The zero-order chi connectivity index (χ0) is 13.1. The molecule has 0 bridgehead atoms. The molecule has 1 aromatic rings. The second-order valence-corrected chi connectivity index (χ2v) is 5.45. The SMILES string of the molecule is CC(C)(N)CCC(=O)Nc1c(Cl)cccc1Cl. The minimum atomic E-state index is -0.360. The number of rotatable bonds is 4. The average Bonchev–Trinajstić information content (AvgIpc) is 2.20. The summed E-state index contributed by atoms with van der Waals surface area (Å²) < 4.78 is 0. The van der Waals surface area contributed by atoms with Gasteiger partial charge in [-0.15, -0.1) is 0 Å². The third-order valence-electron chi connectivity index (χ3n) is 2.22. The van der Waals surface area contributed by atoms with Crippen molar-refractivity contribution in [2.24, 2.45) is 5.73 Å². The molecule has 1 aromatic carbocycles. The molecule has 0 saturated carbocycles. The molecule has 0 radical (unpaired) electrons. The van der Waals surface area contributed by atoms with E-state index >= 15 is 0 Å². The largest absolute Gasteiger partial charge is 0.326 e. The van der Waals surface area contributed by atoms with Crippen molar-refractivity contribution in [2.75, 3.05) is 5.32 Å². The molecule has 0 aromatic heterocycles. The number of amides is 1. The van der Waals surface area contributed by atoms with E-state index in [2.05, 4.69) is 5.32 Å². The summed E-state index contributed by atoms with van der Waals surface area (Å²) in [6.07, 6.45) is 0.936. The number of nitrogens with one attached hydrogen (secondary N) is 1. The van der Waals surface area contributed by atoms with Crippen molar-refractivity contribution >= 4 is 34.8 Å². The van der Waals surface area contributed by atoms with Gasteiger partial charge in [0.1, 0.15) is 0 Å². The molecule has 0 atom stereocenters. The molecule has 0 spiro atoms. The molecule has 5 heteroatoms. The maximum absolute atomic E-state index is 11.7. The molecular weight excluding hydrogens is 259 g/mol. The second kappa shape index (κ2) is 5.71. The van der Waals surface area contributed by atoms with E-state index in [1.807, 2.05) is 13.8 Å². The third-order valence-corrected chi connectivity index (χ3v) is 2.85. The highest BCUT2D eigenvalue weighted by Gasteiger charge is 2.15. The molecule has 94 valence electrons. The summed E-state index contributed by atoms with van der Waals surface area (Å²) in [5.74, 6) is -0.140. The fraction of sp³-hybridized carbons (Fsp3) is 0.417. The Labute approximate surface area is 111 Å². The molecule has 0 aliphatic rings. The Kier molecular flexibility index (Phi) is 4.80. The topological polar surface area (TPSA) is 55.1 Å². The Morgan fingerprint density at radius 2 is 1.88 bits per heavy atom. The van der Waals surface area contributed by atoms with Crippen molar-refractivity contribution in [3.05, 3.63) is 28.2 Å². The summed E-state index contributed by atoms with van der Waals surface area (Å²) in [4.78, 5) is 11.7.